The minimum atomic E-state index is -4.79. The first-order valence-electron chi connectivity index (χ1n) is 5.15. The SMILES string of the molecule is O=C(N1CCCC(NCCO)C1)C(F)(F)F. The van der Waals surface area contributed by atoms with Crippen LogP contribution < -0.4 is 5.32 Å². The summed E-state index contributed by atoms with van der Waals surface area (Å²) in [6.45, 7) is 0.469. The van der Waals surface area contributed by atoms with Crippen LogP contribution in [-0.4, -0.2) is 54.4 Å². The highest BCUT2D eigenvalue weighted by atomic mass is 19.4. The van der Waals surface area contributed by atoms with E-state index in [0.29, 0.717) is 13.0 Å². The summed E-state index contributed by atoms with van der Waals surface area (Å²) >= 11 is 0. The van der Waals surface area contributed by atoms with Gasteiger partial charge in [0.15, 0.2) is 0 Å². The highest BCUT2D eigenvalue weighted by Crippen LogP contribution is 2.21. The van der Waals surface area contributed by atoms with Crippen molar-refractivity contribution in [1.29, 1.82) is 0 Å². The maximum absolute atomic E-state index is 12.2. The summed E-state index contributed by atoms with van der Waals surface area (Å²) in [6, 6.07) is -0.160. The summed E-state index contributed by atoms with van der Waals surface area (Å²) in [4.78, 5) is 11.8. The first-order chi connectivity index (χ1) is 7.45. The lowest BCUT2D eigenvalue weighted by Gasteiger charge is -2.33. The predicted octanol–water partition coefficient (Wildman–Crippen LogP) is 0.122. The van der Waals surface area contributed by atoms with Crippen molar-refractivity contribution in [2.24, 2.45) is 0 Å². The molecule has 0 aromatic rings. The number of nitrogens with one attached hydrogen (secondary N) is 1. The molecule has 4 nitrogen and oxygen atoms in total. The zero-order chi connectivity index (χ0) is 12.2. The number of piperidine rings is 1. The number of nitrogens with zero attached hydrogens (tertiary/aromatic N) is 1. The lowest BCUT2D eigenvalue weighted by Crippen LogP contribution is -2.52. The number of aliphatic hydroxyl groups is 1. The molecule has 0 aliphatic carbocycles. The number of likely N-dealkylation sites (tertiary alicyclic amines) is 1. The topological polar surface area (TPSA) is 52.6 Å². The summed E-state index contributed by atoms with van der Waals surface area (Å²) in [6.07, 6.45) is -3.52. The second-order valence-electron chi connectivity index (χ2n) is 3.77. The van der Waals surface area contributed by atoms with Gasteiger partial charge < -0.3 is 15.3 Å². The molecule has 1 unspecified atom stereocenters. The van der Waals surface area contributed by atoms with Crippen LogP contribution in [0.4, 0.5) is 13.2 Å². The molecule has 0 radical (unpaired) electrons. The van der Waals surface area contributed by atoms with Gasteiger partial charge in [0.2, 0.25) is 0 Å². The standard InChI is InChI=1S/C9H15F3N2O2/c10-9(11,12)8(16)14-4-1-2-7(6-14)13-3-5-15/h7,13,15H,1-6H2. The summed E-state index contributed by atoms with van der Waals surface area (Å²) < 4.78 is 36.5. The Bertz CT molecular complexity index is 245. The van der Waals surface area contributed by atoms with Gasteiger partial charge in [-0.1, -0.05) is 0 Å². The molecule has 1 heterocycles. The number of aliphatic hydroxyl groups excluding tert-OH is 1. The first kappa shape index (κ1) is 13.2. The molecule has 1 rings (SSSR count). The monoisotopic (exact) mass is 240 g/mol. The number of carbonyl (C=O) groups excluding carboxylic acids is 1. The summed E-state index contributed by atoms with van der Waals surface area (Å²) in [5.41, 5.74) is 0. The van der Waals surface area contributed by atoms with E-state index in [-0.39, 0.29) is 25.7 Å². The van der Waals surface area contributed by atoms with Gasteiger partial charge in [-0.25, -0.2) is 0 Å². The Morgan fingerprint density at radius 1 is 1.50 bits per heavy atom. The lowest BCUT2D eigenvalue weighted by molar-refractivity contribution is -0.186. The second-order valence-corrected chi connectivity index (χ2v) is 3.77. The minimum Gasteiger partial charge on any atom is -0.395 e. The molecule has 0 saturated carbocycles. The molecule has 0 spiro atoms. The van der Waals surface area contributed by atoms with Crippen LogP contribution in [0.25, 0.3) is 0 Å². The van der Waals surface area contributed by atoms with Gasteiger partial charge >= 0.3 is 12.1 Å². The first-order valence-corrected chi connectivity index (χ1v) is 5.15. The summed E-state index contributed by atoms with van der Waals surface area (Å²) in [5, 5.41) is 11.5. The smallest absolute Gasteiger partial charge is 0.395 e. The maximum Gasteiger partial charge on any atom is 0.471 e. The van der Waals surface area contributed by atoms with Crippen molar-refractivity contribution in [3.05, 3.63) is 0 Å². The van der Waals surface area contributed by atoms with E-state index in [1.54, 1.807) is 0 Å². The summed E-state index contributed by atoms with van der Waals surface area (Å²) in [5.74, 6) is -1.78. The van der Waals surface area contributed by atoms with Crippen LogP contribution in [0.15, 0.2) is 0 Å². The third-order valence-corrected chi connectivity index (χ3v) is 2.50. The number of carbonyl (C=O) groups is 1. The normalized spacial score (nSPS) is 22.2. The van der Waals surface area contributed by atoms with E-state index in [1.165, 1.54) is 0 Å². The Balaban J connectivity index is 2.47. The van der Waals surface area contributed by atoms with E-state index in [9.17, 15) is 18.0 Å². The Labute approximate surface area is 91.4 Å². The van der Waals surface area contributed by atoms with Crippen LogP contribution in [0.2, 0.25) is 0 Å². The lowest BCUT2D eigenvalue weighted by atomic mass is 10.1. The van der Waals surface area contributed by atoms with Crippen molar-refractivity contribution < 1.29 is 23.1 Å². The van der Waals surface area contributed by atoms with Gasteiger partial charge in [0, 0.05) is 25.7 Å². The average Bonchev–Trinajstić information content (AvgIpc) is 2.24. The van der Waals surface area contributed by atoms with Crippen LogP contribution >= 0.6 is 0 Å². The third-order valence-electron chi connectivity index (χ3n) is 2.50. The van der Waals surface area contributed by atoms with Crippen LogP contribution in [-0.2, 0) is 4.79 Å². The zero-order valence-corrected chi connectivity index (χ0v) is 8.76. The highest BCUT2D eigenvalue weighted by Gasteiger charge is 2.43. The van der Waals surface area contributed by atoms with Gasteiger partial charge in [-0.2, -0.15) is 13.2 Å². The molecular weight excluding hydrogens is 225 g/mol. The van der Waals surface area contributed by atoms with Crippen molar-refractivity contribution in [3.8, 4) is 0 Å². The molecule has 1 aliphatic rings. The molecule has 16 heavy (non-hydrogen) atoms. The number of amides is 1. The molecule has 0 aromatic heterocycles. The molecule has 1 aliphatic heterocycles. The Morgan fingerprint density at radius 3 is 2.75 bits per heavy atom. The Morgan fingerprint density at radius 2 is 2.19 bits per heavy atom. The van der Waals surface area contributed by atoms with Crippen molar-refractivity contribution in [3.63, 3.8) is 0 Å². The molecule has 2 N–H and O–H groups in total. The van der Waals surface area contributed by atoms with Crippen LogP contribution in [0.1, 0.15) is 12.8 Å². The van der Waals surface area contributed by atoms with Gasteiger partial charge in [-0.3, -0.25) is 4.79 Å². The van der Waals surface area contributed by atoms with E-state index in [1.807, 2.05) is 0 Å². The van der Waals surface area contributed by atoms with Gasteiger partial charge in [0.05, 0.1) is 6.61 Å². The van der Waals surface area contributed by atoms with Crippen molar-refractivity contribution >= 4 is 5.91 Å². The molecule has 1 amide bonds. The zero-order valence-electron chi connectivity index (χ0n) is 8.76. The van der Waals surface area contributed by atoms with Crippen molar-refractivity contribution in [1.82, 2.24) is 10.2 Å². The second kappa shape index (κ2) is 5.49. The fraction of sp³-hybridized carbons (Fsp3) is 0.889. The molecular formula is C9H15F3N2O2. The fourth-order valence-corrected chi connectivity index (χ4v) is 1.78. The quantitative estimate of drug-likeness (QED) is 0.737. The molecule has 94 valence electrons. The third kappa shape index (κ3) is 3.64. The number of hydrogen-bond donors (Lipinski definition) is 2. The van der Waals surface area contributed by atoms with E-state index < -0.39 is 12.1 Å². The number of halogens is 3. The van der Waals surface area contributed by atoms with Gasteiger partial charge in [0.1, 0.15) is 0 Å². The van der Waals surface area contributed by atoms with E-state index in [2.05, 4.69) is 5.32 Å². The number of alkyl halides is 3. The number of hydrogen-bond acceptors (Lipinski definition) is 3. The van der Waals surface area contributed by atoms with Gasteiger partial charge in [-0.05, 0) is 12.8 Å². The van der Waals surface area contributed by atoms with E-state index >= 15 is 0 Å². The largest absolute Gasteiger partial charge is 0.471 e. The molecule has 1 saturated heterocycles. The van der Waals surface area contributed by atoms with Crippen molar-refractivity contribution in [2.45, 2.75) is 25.1 Å². The Hall–Kier alpha value is -0.820. The van der Waals surface area contributed by atoms with Crippen LogP contribution in [0.5, 0.6) is 0 Å². The minimum absolute atomic E-state index is 0.0539. The van der Waals surface area contributed by atoms with E-state index in [4.69, 9.17) is 5.11 Å². The highest BCUT2D eigenvalue weighted by molar-refractivity contribution is 5.82. The fourth-order valence-electron chi connectivity index (χ4n) is 1.78. The predicted molar refractivity (Wildman–Crippen MR) is 50.7 cm³/mol. The summed E-state index contributed by atoms with van der Waals surface area (Å²) in [7, 11) is 0. The van der Waals surface area contributed by atoms with Gasteiger partial charge in [-0.15, -0.1) is 0 Å². The molecule has 1 fully saturated rings. The number of rotatable bonds is 3. The molecule has 7 heteroatoms. The maximum atomic E-state index is 12.2. The van der Waals surface area contributed by atoms with Crippen molar-refractivity contribution in [2.75, 3.05) is 26.2 Å². The van der Waals surface area contributed by atoms with E-state index in [0.717, 1.165) is 11.3 Å². The van der Waals surface area contributed by atoms with Crippen LogP contribution in [0, 0.1) is 0 Å². The molecule has 0 aromatic carbocycles. The average molecular weight is 240 g/mol. The van der Waals surface area contributed by atoms with Crippen LogP contribution in [0.3, 0.4) is 0 Å². The Kier molecular flexibility index (Phi) is 4.55. The molecule has 0 bridgehead atoms. The van der Waals surface area contributed by atoms with Gasteiger partial charge in [0.25, 0.3) is 0 Å². The molecule has 1 atom stereocenters.